The van der Waals surface area contributed by atoms with E-state index in [4.69, 9.17) is 10.5 Å². The van der Waals surface area contributed by atoms with Crippen LogP contribution in [0.5, 0.6) is 5.75 Å². The minimum absolute atomic E-state index is 0.275. The number of nitrogens with two attached hydrogens (primary N) is 1. The number of hydrogen-bond acceptors (Lipinski definition) is 3. The van der Waals surface area contributed by atoms with Crippen molar-refractivity contribution in [3.8, 4) is 16.9 Å². The number of hydrogen-bond donors (Lipinski definition) is 1. The zero-order valence-electron chi connectivity index (χ0n) is 12.7. The Hall–Kier alpha value is -3.08. The first-order valence-electron chi connectivity index (χ1n) is 7.29. The van der Waals surface area contributed by atoms with Gasteiger partial charge in [-0.1, -0.05) is 18.2 Å². The number of nitrogens with zero attached hydrogens (tertiary/aromatic N) is 1. The Labute approximate surface area is 133 Å². The van der Waals surface area contributed by atoms with E-state index in [0.29, 0.717) is 12.2 Å². The molecule has 5 heteroatoms. The monoisotopic (exact) mass is 308 g/mol. The first-order valence-corrected chi connectivity index (χ1v) is 7.29. The highest BCUT2D eigenvalue weighted by atomic mass is 16.5. The molecule has 0 unspecified atom stereocenters. The smallest absolute Gasteiger partial charge is 0.291 e. The molecule has 0 aliphatic heterocycles. The van der Waals surface area contributed by atoms with E-state index < -0.39 is 11.7 Å². The van der Waals surface area contributed by atoms with Crippen molar-refractivity contribution in [1.29, 1.82) is 0 Å². The van der Waals surface area contributed by atoms with E-state index in [9.17, 15) is 9.59 Å². The number of fused-ring (bicyclic) bond motifs is 1. The summed E-state index contributed by atoms with van der Waals surface area (Å²) in [5.41, 5.74) is 7.79. The summed E-state index contributed by atoms with van der Waals surface area (Å²) in [6.45, 7) is 2.50. The van der Waals surface area contributed by atoms with Crippen LogP contribution in [0.15, 0.2) is 54.7 Å². The third-order valence-corrected chi connectivity index (χ3v) is 3.59. The molecule has 0 atom stereocenters. The molecule has 2 N–H and O–H groups in total. The second-order valence-electron chi connectivity index (χ2n) is 5.05. The summed E-state index contributed by atoms with van der Waals surface area (Å²) >= 11 is 0. The SMILES string of the molecule is CCOc1ccc(-c2cc3ccccn3c2C(=O)C(N)=O)cc1. The lowest BCUT2D eigenvalue weighted by molar-refractivity contribution is -0.114. The molecule has 0 spiro atoms. The summed E-state index contributed by atoms with van der Waals surface area (Å²) in [5, 5.41) is 0. The number of carbonyl (C=O) groups excluding carboxylic acids is 2. The predicted octanol–water partition coefficient (Wildman–Crippen LogP) is 2.67. The summed E-state index contributed by atoms with van der Waals surface area (Å²) in [5.74, 6) is -0.927. The van der Waals surface area contributed by atoms with Crippen molar-refractivity contribution in [2.45, 2.75) is 6.92 Å². The van der Waals surface area contributed by atoms with Crippen LogP contribution in [0, 0.1) is 0 Å². The van der Waals surface area contributed by atoms with Gasteiger partial charge in [-0.15, -0.1) is 0 Å². The molecule has 2 heterocycles. The van der Waals surface area contributed by atoms with Crippen molar-refractivity contribution in [1.82, 2.24) is 4.40 Å². The average molecular weight is 308 g/mol. The number of benzene rings is 1. The molecular formula is C18H16N2O3. The molecule has 3 aromatic rings. The molecule has 0 aliphatic rings. The van der Waals surface area contributed by atoms with Gasteiger partial charge in [0.15, 0.2) is 0 Å². The molecule has 5 nitrogen and oxygen atoms in total. The third-order valence-electron chi connectivity index (χ3n) is 3.59. The van der Waals surface area contributed by atoms with Crippen molar-refractivity contribution in [2.24, 2.45) is 5.73 Å². The molecule has 0 saturated heterocycles. The van der Waals surface area contributed by atoms with Crippen LogP contribution in [-0.4, -0.2) is 22.7 Å². The van der Waals surface area contributed by atoms with E-state index in [-0.39, 0.29) is 5.69 Å². The van der Waals surface area contributed by atoms with Crippen molar-refractivity contribution >= 4 is 17.2 Å². The van der Waals surface area contributed by atoms with Crippen molar-refractivity contribution in [3.63, 3.8) is 0 Å². The molecule has 2 aromatic heterocycles. The molecule has 0 aliphatic carbocycles. The second-order valence-corrected chi connectivity index (χ2v) is 5.05. The fraction of sp³-hybridized carbons (Fsp3) is 0.111. The maximum atomic E-state index is 12.3. The van der Waals surface area contributed by atoms with Crippen LogP contribution in [0.3, 0.4) is 0 Å². The molecule has 1 amide bonds. The highest BCUT2D eigenvalue weighted by molar-refractivity contribution is 6.43. The van der Waals surface area contributed by atoms with Gasteiger partial charge in [-0.05, 0) is 42.8 Å². The summed E-state index contributed by atoms with van der Waals surface area (Å²) in [6.07, 6.45) is 1.74. The number of pyridine rings is 1. The number of Topliss-reactive ketones (excluding diaryl/α,β-unsaturated/α-hetero) is 1. The van der Waals surface area contributed by atoms with Crippen LogP contribution in [0.25, 0.3) is 16.6 Å². The topological polar surface area (TPSA) is 73.8 Å². The maximum Gasteiger partial charge on any atom is 0.291 e. The molecule has 0 bridgehead atoms. The molecule has 0 radical (unpaired) electrons. The molecule has 1 aromatic carbocycles. The lowest BCUT2D eigenvalue weighted by Crippen LogP contribution is -2.24. The van der Waals surface area contributed by atoms with Crippen molar-refractivity contribution < 1.29 is 14.3 Å². The fourth-order valence-electron chi connectivity index (χ4n) is 2.59. The molecule has 23 heavy (non-hydrogen) atoms. The first kappa shape index (κ1) is 14.8. The summed E-state index contributed by atoms with van der Waals surface area (Å²) < 4.78 is 7.10. The summed E-state index contributed by atoms with van der Waals surface area (Å²) in [7, 11) is 0. The van der Waals surface area contributed by atoms with Crippen LogP contribution in [0.1, 0.15) is 17.4 Å². The highest BCUT2D eigenvalue weighted by Gasteiger charge is 2.22. The van der Waals surface area contributed by atoms with Crippen LogP contribution in [0.2, 0.25) is 0 Å². The Morgan fingerprint density at radius 1 is 1.13 bits per heavy atom. The summed E-state index contributed by atoms with van der Waals surface area (Å²) in [4.78, 5) is 23.7. The number of ketones is 1. The summed E-state index contributed by atoms with van der Waals surface area (Å²) in [6, 6.07) is 14.8. The molecule has 3 rings (SSSR count). The minimum atomic E-state index is -0.971. The van der Waals surface area contributed by atoms with Crippen molar-refractivity contribution in [3.05, 3.63) is 60.4 Å². The number of amides is 1. The molecular weight excluding hydrogens is 292 g/mol. The normalized spacial score (nSPS) is 10.7. The van der Waals surface area contributed by atoms with Gasteiger partial charge in [0.05, 0.1) is 6.61 Å². The van der Waals surface area contributed by atoms with Gasteiger partial charge in [0.1, 0.15) is 11.4 Å². The van der Waals surface area contributed by atoms with E-state index in [1.165, 1.54) is 0 Å². The maximum absolute atomic E-state index is 12.3. The Bertz CT molecular complexity index is 879. The Morgan fingerprint density at radius 2 is 1.87 bits per heavy atom. The van der Waals surface area contributed by atoms with Gasteiger partial charge in [0.2, 0.25) is 0 Å². The number of carbonyl (C=O) groups is 2. The third kappa shape index (κ3) is 2.68. The largest absolute Gasteiger partial charge is 0.494 e. The molecule has 0 saturated carbocycles. The van der Waals surface area contributed by atoms with Gasteiger partial charge in [-0.2, -0.15) is 0 Å². The highest BCUT2D eigenvalue weighted by Crippen LogP contribution is 2.29. The molecule has 116 valence electrons. The van der Waals surface area contributed by atoms with Gasteiger partial charge >= 0.3 is 0 Å². The van der Waals surface area contributed by atoms with Crippen molar-refractivity contribution in [2.75, 3.05) is 6.61 Å². The lowest BCUT2D eigenvalue weighted by atomic mass is 10.0. The number of ether oxygens (including phenoxy) is 1. The second kappa shape index (κ2) is 5.96. The first-order chi connectivity index (χ1) is 11.1. The van der Waals surface area contributed by atoms with Gasteiger partial charge in [0, 0.05) is 17.3 Å². The van der Waals surface area contributed by atoms with Gasteiger partial charge in [-0.3, -0.25) is 9.59 Å². The lowest BCUT2D eigenvalue weighted by Gasteiger charge is -2.06. The van der Waals surface area contributed by atoms with E-state index in [1.54, 1.807) is 16.7 Å². The predicted molar refractivity (Wildman–Crippen MR) is 87.5 cm³/mol. The standard InChI is InChI=1S/C18H16N2O3/c1-2-23-14-8-6-12(7-9-14)15-11-13-5-3-4-10-20(13)16(15)17(21)18(19)22/h3-11H,2H2,1H3,(H2,19,22). The Kier molecular flexibility index (Phi) is 3.85. The van der Waals surface area contributed by atoms with Crippen LogP contribution in [0.4, 0.5) is 0 Å². The van der Waals surface area contributed by atoms with E-state index in [0.717, 1.165) is 16.8 Å². The van der Waals surface area contributed by atoms with Gasteiger partial charge < -0.3 is 14.9 Å². The number of rotatable bonds is 5. The number of primary amides is 1. The minimum Gasteiger partial charge on any atom is -0.494 e. The van der Waals surface area contributed by atoms with Crippen LogP contribution < -0.4 is 10.5 Å². The fourth-order valence-corrected chi connectivity index (χ4v) is 2.59. The average Bonchev–Trinajstić information content (AvgIpc) is 2.94. The Balaban J connectivity index is 2.18. The molecule has 0 fully saturated rings. The van der Waals surface area contributed by atoms with Crippen LogP contribution in [-0.2, 0) is 4.79 Å². The van der Waals surface area contributed by atoms with E-state index >= 15 is 0 Å². The van der Waals surface area contributed by atoms with E-state index in [1.807, 2.05) is 49.4 Å². The van der Waals surface area contributed by atoms with E-state index in [2.05, 4.69) is 0 Å². The zero-order chi connectivity index (χ0) is 16.4. The zero-order valence-corrected chi connectivity index (χ0v) is 12.7. The quantitative estimate of drug-likeness (QED) is 0.581. The van der Waals surface area contributed by atoms with Gasteiger partial charge in [-0.25, -0.2) is 0 Å². The van der Waals surface area contributed by atoms with Gasteiger partial charge in [0.25, 0.3) is 11.7 Å². The van der Waals surface area contributed by atoms with Crippen LogP contribution >= 0.6 is 0 Å². The number of aromatic nitrogens is 1. The Morgan fingerprint density at radius 3 is 2.52 bits per heavy atom.